The maximum absolute atomic E-state index is 14.1. The van der Waals surface area contributed by atoms with Gasteiger partial charge in [0.25, 0.3) is 0 Å². The summed E-state index contributed by atoms with van der Waals surface area (Å²) in [6, 6.07) is 2.03. The smallest absolute Gasteiger partial charge is 0.399 e. The van der Waals surface area contributed by atoms with Crippen molar-refractivity contribution >= 4 is 0 Å². The summed E-state index contributed by atoms with van der Waals surface area (Å²) in [4.78, 5) is 0. The zero-order chi connectivity index (χ0) is 24.6. The van der Waals surface area contributed by atoms with Crippen molar-refractivity contribution in [3.8, 4) is 5.75 Å². The minimum Gasteiger partial charge on any atom is -0.399 e. The van der Waals surface area contributed by atoms with Crippen LogP contribution in [0.4, 0.5) is 22.0 Å². The fourth-order valence-corrected chi connectivity index (χ4v) is 6.00. The Morgan fingerprint density at radius 3 is 1.94 bits per heavy atom. The van der Waals surface area contributed by atoms with Crippen molar-refractivity contribution in [1.82, 2.24) is 0 Å². The van der Waals surface area contributed by atoms with Gasteiger partial charge in [-0.3, -0.25) is 0 Å². The van der Waals surface area contributed by atoms with E-state index in [-0.39, 0.29) is 5.92 Å². The van der Waals surface area contributed by atoms with E-state index in [1.807, 2.05) is 0 Å². The second-order valence-electron chi connectivity index (χ2n) is 10.3. The highest BCUT2D eigenvalue weighted by molar-refractivity contribution is 5.33. The van der Waals surface area contributed by atoms with E-state index < -0.39 is 23.7 Å². The standard InChI is InChI=1S/C28H39F5O/c1-2-3-4-5-6-7-8-9-20-10-12-21(13-11-20)22-14-16-23(17-15-22)24-18-25(29)27(26(30)19-24)34-28(31,32)33/h4-5,18-23H,2-3,6-17H2,1H3/b5-4+/t20-,21-,22-,23-. The van der Waals surface area contributed by atoms with Gasteiger partial charge in [0, 0.05) is 0 Å². The molecule has 2 aliphatic carbocycles. The summed E-state index contributed by atoms with van der Waals surface area (Å²) < 4.78 is 68.9. The summed E-state index contributed by atoms with van der Waals surface area (Å²) >= 11 is 0. The van der Waals surface area contributed by atoms with Gasteiger partial charge in [-0.1, -0.05) is 51.2 Å². The fraction of sp³-hybridized carbons (Fsp3) is 0.714. The van der Waals surface area contributed by atoms with Crippen molar-refractivity contribution in [2.45, 2.75) is 109 Å². The van der Waals surface area contributed by atoms with E-state index in [1.165, 1.54) is 64.2 Å². The van der Waals surface area contributed by atoms with Gasteiger partial charge < -0.3 is 4.74 Å². The highest BCUT2D eigenvalue weighted by Crippen LogP contribution is 2.45. The van der Waals surface area contributed by atoms with Crippen LogP contribution in [0.5, 0.6) is 5.75 Å². The van der Waals surface area contributed by atoms with Crippen LogP contribution in [0.1, 0.15) is 108 Å². The van der Waals surface area contributed by atoms with Crippen molar-refractivity contribution in [3.05, 3.63) is 41.5 Å². The monoisotopic (exact) mass is 486 g/mol. The van der Waals surface area contributed by atoms with E-state index in [0.717, 1.165) is 49.7 Å². The lowest BCUT2D eigenvalue weighted by Gasteiger charge is -2.38. The number of halogens is 5. The molecule has 192 valence electrons. The number of hydrogen-bond acceptors (Lipinski definition) is 1. The second-order valence-corrected chi connectivity index (χ2v) is 10.3. The normalized spacial score (nSPS) is 26.2. The van der Waals surface area contributed by atoms with Gasteiger partial charge in [-0.25, -0.2) is 8.78 Å². The number of rotatable bonds is 10. The van der Waals surface area contributed by atoms with Crippen LogP contribution in [0.25, 0.3) is 0 Å². The Kier molecular flexibility index (Phi) is 10.3. The molecule has 0 saturated heterocycles. The first-order valence-corrected chi connectivity index (χ1v) is 13.2. The van der Waals surface area contributed by atoms with Crippen molar-refractivity contribution < 1.29 is 26.7 Å². The van der Waals surface area contributed by atoms with Crippen LogP contribution >= 0.6 is 0 Å². The lowest BCUT2D eigenvalue weighted by atomic mass is 9.68. The predicted octanol–water partition coefficient (Wildman–Crippen LogP) is 9.86. The Bertz CT molecular complexity index is 748. The average molecular weight is 487 g/mol. The molecule has 3 rings (SSSR count). The van der Waals surface area contributed by atoms with Crippen LogP contribution < -0.4 is 4.74 Å². The maximum atomic E-state index is 14.1. The third-order valence-corrected chi connectivity index (χ3v) is 7.89. The number of unbranched alkanes of at least 4 members (excludes halogenated alkanes) is 3. The Morgan fingerprint density at radius 1 is 0.824 bits per heavy atom. The van der Waals surface area contributed by atoms with Crippen LogP contribution in [0.2, 0.25) is 0 Å². The topological polar surface area (TPSA) is 9.23 Å². The average Bonchev–Trinajstić information content (AvgIpc) is 2.81. The van der Waals surface area contributed by atoms with Gasteiger partial charge in [0.2, 0.25) is 5.75 Å². The molecule has 0 unspecified atom stereocenters. The number of alkyl halides is 3. The highest BCUT2D eigenvalue weighted by atomic mass is 19.4. The molecule has 0 N–H and O–H groups in total. The van der Waals surface area contributed by atoms with Gasteiger partial charge in [-0.05, 0) is 99.2 Å². The third-order valence-electron chi connectivity index (χ3n) is 7.89. The molecule has 0 amide bonds. The highest BCUT2D eigenvalue weighted by Gasteiger charge is 2.35. The van der Waals surface area contributed by atoms with Gasteiger partial charge in [0.05, 0.1) is 0 Å². The zero-order valence-corrected chi connectivity index (χ0v) is 20.3. The molecule has 0 bridgehead atoms. The van der Waals surface area contributed by atoms with Crippen molar-refractivity contribution in [2.75, 3.05) is 0 Å². The van der Waals surface area contributed by atoms with Crippen LogP contribution in [0, 0.1) is 29.4 Å². The number of allylic oxidation sites excluding steroid dienone is 2. The van der Waals surface area contributed by atoms with E-state index in [2.05, 4.69) is 23.8 Å². The maximum Gasteiger partial charge on any atom is 0.573 e. The Morgan fingerprint density at radius 2 is 1.38 bits per heavy atom. The molecule has 1 nitrogen and oxygen atoms in total. The largest absolute Gasteiger partial charge is 0.573 e. The summed E-state index contributed by atoms with van der Waals surface area (Å²) in [6.07, 6.45) is 15.9. The zero-order valence-electron chi connectivity index (χ0n) is 20.3. The van der Waals surface area contributed by atoms with Crippen LogP contribution in [0.15, 0.2) is 24.3 Å². The van der Waals surface area contributed by atoms with Crippen molar-refractivity contribution in [2.24, 2.45) is 17.8 Å². The molecule has 0 aromatic heterocycles. The van der Waals surface area contributed by atoms with E-state index in [1.54, 1.807) is 0 Å². The first kappa shape index (κ1) is 27.0. The molecular weight excluding hydrogens is 447 g/mol. The SMILES string of the molecule is CCC/C=C/CCCC[C@H]1CC[C@H]([C@H]2CC[C@H](c3cc(F)c(OC(F)(F)F)c(F)c3)CC2)CC1. The lowest BCUT2D eigenvalue weighted by molar-refractivity contribution is -0.276. The molecule has 2 saturated carbocycles. The number of hydrogen-bond donors (Lipinski definition) is 0. The van der Waals surface area contributed by atoms with Crippen LogP contribution in [0.3, 0.4) is 0 Å². The summed E-state index contributed by atoms with van der Waals surface area (Å²) in [5, 5.41) is 0. The van der Waals surface area contributed by atoms with Gasteiger partial charge in [-0.2, -0.15) is 0 Å². The molecule has 0 atom stereocenters. The number of benzene rings is 1. The third kappa shape index (κ3) is 8.27. The summed E-state index contributed by atoms with van der Waals surface area (Å²) in [5.41, 5.74) is 0.441. The van der Waals surface area contributed by atoms with Gasteiger partial charge >= 0.3 is 6.36 Å². The molecular formula is C28H39F5O. The summed E-state index contributed by atoms with van der Waals surface area (Å²) in [6.45, 7) is 2.20. The molecule has 1 aromatic rings. The molecule has 1 aromatic carbocycles. The van der Waals surface area contributed by atoms with E-state index >= 15 is 0 Å². The Hall–Kier alpha value is -1.59. The van der Waals surface area contributed by atoms with Gasteiger partial charge in [0.15, 0.2) is 11.6 Å². The quantitative estimate of drug-likeness (QED) is 0.182. The minimum absolute atomic E-state index is 0.0112. The molecule has 0 aliphatic heterocycles. The lowest BCUT2D eigenvalue weighted by Crippen LogP contribution is -2.25. The first-order valence-electron chi connectivity index (χ1n) is 13.2. The van der Waals surface area contributed by atoms with E-state index in [4.69, 9.17) is 0 Å². The fourth-order valence-electron chi connectivity index (χ4n) is 6.00. The molecule has 6 heteroatoms. The van der Waals surface area contributed by atoms with Crippen LogP contribution in [-0.2, 0) is 0 Å². The predicted molar refractivity (Wildman–Crippen MR) is 126 cm³/mol. The molecule has 2 fully saturated rings. The van der Waals surface area contributed by atoms with Crippen molar-refractivity contribution in [3.63, 3.8) is 0 Å². The molecule has 34 heavy (non-hydrogen) atoms. The molecule has 0 heterocycles. The molecule has 2 aliphatic rings. The van der Waals surface area contributed by atoms with Gasteiger partial charge in [0.1, 0.15) is 0 Å². The van der Waals surface area contributed by atoms with E-state index in [0.29, 0.717) is 11.5 Å². The molecule has 0 radical (unpaired) electrons. The summed E-state index contributed by atoms with van der Waals surface area (Å²) in [5.74, 6) is -1.70. The second kappa shape index (κ2) is 12.9. The number of ether oxygens (including phenoxy) is 1. The molecule has 0 spiro atoms. The summed E-state index contributed by atoms with van der Waals surface area (Å²) in [7, 11) is 0. The minimum atomic E-state index is -5.12. The van der Waals surface area contributed by atoms with E-state index in [9.17, 15) is 22.0 Å². The van der Waals surface area contributed by atoms with Crippen molar-refractivity contribution in [1.29, 1.82) is 0 Å². The Balaban J connectivity index is 1.39. The van der Waals surface area contributed by atoms with Crippen LogP contribution in [-0.4, -0.2) is 6.36 Å². The Labute approximate surface area is 201 Å². The van der Waals surface area contributed by atoms with Gasteiger partial charge in [-0.15, -0.1) is 13.2 Å². The first-order chi connectivity index (χ1) is 16.3.